The molecule has 0 spiro atoms. The van der Waals surface area contributed by atoms with Crippen LogP contribution in [-0.2, 0) is 36.8 Å². The molecule has 3 aliphatic rings. The molecule has 0 amide bonds. The molecule has 38 heavy (non-hydrogen) atoms. The topological polar surface area (TPSA) is 149 Å². The van der Waals surface area contributed by atoms with Crippen molar-refractivity contribution in [2.75, 3.05) is 39.6 Å². The van der Waals surface area contributed by atoms with Crippen LogP contribution in [0.5, 0.6) is 5.75 Å². The van der Waals surface area contributed by atoms with Crippen LogP contribution in [-0.4, -0.2) is 90.1 Å². The maximum absolute atomic E-state index is 13.9. The lowest BCUT2D eigenvalue weighted by atomic mass is 9.53. The highest BCUT2D eigenvalue weighted by Gasteiger charge is 2.65. The van der Waals surface area contributed by atoms with E-state index in [-0.39, 0.29) is 55.7 Å². The van der Waals surface area contributed by atoms with Crippen molar-refractivity contribution in [3.8, 4) is 5.75 Å². The molecule has 2 fully saturated rings. The predicted octanol–water partition coefficient (Wildman–Crippen LogP) is 0.560. The molecule has 0 bridgehead atoms. The SMILES string of the molecule is CC(=O)C1C(=O)C[C@@H]2C[C@@H]3Cc4c(N(C)C)cc(CCC(=O)CN(C)C)c(O)c4C(=O)C3C(=O)C2(O)C1=O. The number of likely N-dealkylation sites (N-methyl/N-ethyl adjacent to an activating group) is 1. The van der Waals surface area contributed by atoms with Crippen LogP contribution in [0.25, 0.3) is 0 Å². The molecular formula is C28H34N2O8. The number of anilines is 1. The average Bonchev–Trinajstić information content (AvgIpc) is 2.80. The van der Waals surface area contributed by atoms with Crippen molar-refractivity contribution in [2.24, 2.45) is 23.7 Å². The number of aromatic hydroxyl groups is 1. The normalized spacial score (nSPS) is 28.6. The summed E-state index contributed by atoms with van der Waals surface area (Å²) in [6, 6.07) is 1.75. The third-order valence-corrected chi connectivity index (χ3v) is 8.23. The van der Waals surface area contributed by atoms with Crippen molar-refractivity contribution in [3.05, 3.63) is 22.8 Å². The molecule has 5 atom stereocenters. The van der Waals surface area contributed by atoms with Crippen LogP contribution in [0.3, 0.4) is 0 Å². The second-order valence-electron chi connectivity index (χ2n) is 11.4. The molecule has 0 saturated heterocycles. The first-order chi connectivity index (χ1) is 17.7. The van der Waals surface area contributed by atoms with Gasteiger partial charge in [-0.05, 0) is 63.4 Å². The van der Waals surface area contributed by atoms with E-state index in [1.165, 1.54) is 0 Å². The number of carbonyl (C=O) groups excluding carboxylic acids is 6. The zero-order chi connectivity index (χ0) is 28.3. The Kier molecular flexibility index (Phi) is 7.18. The molecule has 0 aliphatic heterocycles. The van der Waals surface area contributed by atoms with E-state index in [1.54, 1.807) is 44.1 Å². The highest BCUT2D eigenvalue weighted by atomic mass is 16.3. The largest absolute Gasteiger partial charge is 0.507 e. The summed E-state index contributed by atoms with van der Waals surface area (Å²) < 4.78 is 0. The summed E-state index contributed by atoms with van der Waals surface area (Å²) in [5.74, 6) is -9.26. The molecule has 1 aromatic rings. The third-order valence-electron chi connectivity index (χ3n) is 8.23. The number of ketones is 6. The number of carbonyl (C=O) groups is 6. The first kappa shape index (κ1) is 27.8. The fourth-order valence-corrected chi connectivity index (χ4v) is 6.49. The summed E-state index contributed by atoms with van der Waals surface area (Å²) in [5, 5.41) is 22.6. The number of hydrogen-bond donors (Lipinski definition) is 2. The van der Waals surface area contributed by atoms with E-state index in [0.717, 1.165) is 6.92 Å². The Bertz CT molecular complexity index is 1270. The Morgan fingerprint density at radius 2 is 1.71 bits per heavy atom. The molecule has 204 valence electrons. The lowest BCUT2D eigenvalue weighted by Gasteiger charge is -2.49. The van der Waals surface area contributed by atoms with Crippen LogP contribution < -0.4 is 4.90 Å². The Balaban J connectivity index is 1.76. The number of rotatable bonds is 7. The number of hydrogen-bond acceptors (Lipinski definition) is 10. The Morgan fingerprint density at radius 3 is 2.29 bits per heavy atom. The Labute approximate surface area is 221 Å². The number of phenolic OH excluding ortho intramolecular Hbond substituents is 1. The minimum atomic E-state index is -2.60. The lowest BCUT2D eigenvalue weighted by Crippen LogP contribution is -2.67. The van der Waals surface area contributed by atoms with E-state index in [9.17, 15) is 39.0 Å². The van der Waals surface area contributed by atoms with Gasteiger partial charge in [-0.15, -0.1) is 0 Å². The van der Waals surface area contributed by atoms with Crippen LogP contribution in [0.4, 0.5) is 5.69 Å². The van der Waals surface area contributed by atoms with Crippen LogP contribution in [0.15, 0.2) is 6.07 Å². The standard InChI is InChI=1S/C28H34N2O8/c1-13(31)21-20(33)11-16-8-15-9-18-19(30(4)5)10-14(6-7-17(32)12-29(2)3)24(34)23(18)25(35)22(15)27(37)28(16,38)26(21)36/h10,15-16,21-22,34,38H,6-9,11-12H2,1-5H3/t15-,16+,21?,22?,28?/m1/s1. The summed E-state index contributed by atoms with van der Waals surface area (Å²) >= 11 is 0. The van der Waals surface area contributed by atoms with E-state index in [1.807, 2.05) is 0 Å². The monoisotopic (exact) mass is 526 g/mol. The first-order valence-electron chi connectivity index (χ1n) is 12.8. The van der Waals surface area contributed by atoms with Gasteiger partial charge in [-0.1, -0.05) is 0 Å². The van der Waals surface area contributed by atoms with Gasteiger partial charge in [-0.3, -0.25) is 28.8 Å². The molecule has 4 rings (SSSR count). The second kappa shape index (κ2) is 9.81. The number of nitrogens with zero attached hydrogens (tertiary/aromatic N) is 2. The Hall–Kier alpha value is -3.24. The second-order valence-corrected chi connectivity index (χ2v) is 11.4. The number of fused-ring (bicyclic) bond motifs is 3. The van der Waals surface area contributed by atoms with Gasteiger partial charge in [0, 0.05) is 38.5 Å². The van der Waals surface area contributed by atoms with Gasteiger partial charge in [-0.25, -0.2) is 0 Å². The van der Waals surface area contributed by atoms with E-state index in [0.29, 0.717) is 16.8 Å². The molecule has 10 heteroatoms. The summed E-state index contributed by atoms with van der Waals surface area (Å²) in [6.45, 7) is 1.30. The van der Waals surface area contributed by atoms with E-state index in [4.69, 9.17) is 0 Å². The van der Waals surface area contributed by atoms with E-state index >= 15 is 0 Å². The molecule has 0 aromatic heterocycles. The van der Waals surface area contributed by atoms with Crippen molar-refractivity contribution in [3.63, 3.8) is 0 Å². The van der Waals surface area contributed by atoms with Gasteiger partial charge in [0.25, 0.3) is 0 Å². The number of aryl methyl sites for hydroxylation is 1. The molecule has 3 unspecified atom stereocenters. The zero-order valence-electron chi connectivity index (χ0n) is 22.4. The van der Waals surface area contributed by atoms with Gasteiger partial charge >= 0.3 is 0 Å². The number of phenols is 1. The molecular weight excluding hydrogens is 492 g/mol. The van der Waals surface area contributed by atoms with Gasteiger partial charge in [-0.2, -0.15) is 0 Å². The minimum absolute atomic E-state index is 0.0361. The smallest absolute Gasteiger partial charge is 0.190 e. The maximum atomic E-state index is 13.9. The van der Waals surface area contributed by atoms with Gasteiger partial charge in [0.2, 0.25) is 0 Å². The average molecular weight is 527 g/mol. The van der Waals surface area contributed by atoms with Crippen molar-refractivity contribution in [1.82, 2.24) is 4.90 Å². The Morgan fingerprint density at radius 1 is 1.05 bits per heavy atom. The van der Waals surface area contributed by atoms with Crippen LogP contribution in [0.1, 0.15) is 47.7 Å². The molecule has 0 radical (unpaired) electrons. The van der Waals surface area contributed by atoms with Gasteiger partial charge in [0.15, 0.2) is 28.7 Å². The van der Waals surface area contributed by atoms with Crippen molar-refractivity contribution >= 4 is 40.4 Å². The minimum Gasteiger partial charge on any atom is -0.507 e. The quantitative estimate of drug-likeness (QED) is 0.483. The molecule has 10 nitrogen and oxygen atoms in total. The first-order valence-corrected chi connectivity index (χ1v) is 12.8. The summed E-state index contributed by atoms with van der Waals surface area (Å²) in [5.41, 5.74) is -1.03. The predicted molar refractivity (Wildman–Crippen MR) is 136 cm³/mol. The lowest BCUT2D eigenvalue weighted by molar-refractivity contribution is -0.175. The van der Waals surface area contributed by atoms with Gasteiger partial charge < -0.3 is 20.0 Å². The fraction of sp³-hybridized carbons (Fsp3) is 0.571. The summed E-state index contributed by atoms with van der Waals surface area (Å²) in [6.07, 6.45) is 0.341. The summed E-state index contributed by atoms with van der Waals surface area (Å²) in [7, 11) is 7.13. The van der Waals surface area contributed by atoms with E-state index in [2.05, 4.69) is 0 Å². The van der Waals surface area contributed by atoms with Crippen molar-refractivity contribution in [2.45, 2.75) is 44.6 Å². The molecule has 2 N–H and O–H groups in total. The van der Waals surface area contributed by atoms with Crippen molar-refractivity contribution < 1.29 is 39.0 Å². The molecule has 3 aliphatic carbocycles. The summed E-state index contributed by atoms with van der Waals surface area (Å²) in [4.78, 5) is 81.1. The molecule has 1 aromatic carbocycles. The highest BCUT2D eigenvalue weighted by Crippen LogP contribution is 2.51. The van der Waals surface area contributed by atoms with Gasteiger partial charge in [0.05, 0.1) is 18.0 Å². The van der Waals surface area contributed by atoms with Crippen LogP contribution in [0.2, 0.25) is 0 Å². The van der Waals surface area contributed by atoms with Gasteiger partial charge in [0.1, 0.15) is 23.2 Å². The van der Waals surface area contributed by atoms with Crippen LogP contribution in [0, 0.1) is 23.7 Å². The fourth-order valence-electron chi connectivity index (χ4n) is 6.49. The third kappa shape index (κ3) is 4.29. The van der Waals surface area contributed by atoms with Crippen LogP contribution >= 0.6 is 0 Å². The number of benzene rings is 1. The molecule has 2 saturated carbocycles. The molecule has 0 heterocycles. The maximum Gasteiger partial charge on any atom is 0.190 e. The van der Waals surface area contributed by atoms with Crippen molar-refractivity contribution in [1.29, 1.82) is 0 Å². The zero-order valence-corrected chi connectivity index (χ0v) is 22.4. The number of aliphatic hydroxyl groups is 1. The van der Waals surface area contributed by atoms with E-state index < -0.39 is 58.2 Å². The number of Topliss-reactive ketones (excluding diaryl/α,β-unsaturated/α-hetero) is 6. The highest BCUT2D eigenvalue weighted by molar-refractivity contribution is 6.31.